The summed E-state index contributed by atoms with van der Waals surface area (Å²) in [4.78, 5) is 17.0. The fourth-order valence-corrected chi connectivity index (χ4v) is 3.10. The highest BCUT2D eigenvalue weighted by molar-refractivity contribution is 6.04. The number of amides is 1. The van der Waals surface area contributed by atoms with Gasteiger partial charge in [-0.25, -0.2) is 14.1 Å². The highest BCUT2D eigenvalue weighted by Crippen LogP contribution is 2.20. The SMILES string of the molecule is O=C(NCCCc1ccccc1)c1nn(-c2ccc(F)cc2)c2ncccc12. The molecular formula is C22H19FN4O. The van der Waals surface area contributed by atoms with Crippen molar-refractivity contribution < 1.29 is 9.18 Å². The summed E-state index contributed by atoms with van der Waals surface area (Å²) < 4.78 is 14.8. The van der Waals surface area contributed by atoms with Gasteiger partial charge in [0.1, 0.15) is 5.82 Å². The standard InChI is InChI=1S/C22H19FN4O/c23-17-10-12-18(13-11-17)27-21-19(9-5-14-24-21)20(26-27)22(28)25-15-4-8-16-6-2-1-3-7-16/h1-3,5-7,9-14H,4,8,15H2,(H,25,28). The normalized spacial score (nSPS) is 10.9. The molecule has 0 bridgehead atoms. The zero-order chi connectivity index (χ0) is 19.3. The monoisotopic (exact) mass is 374 g/mol. The summed E-state index contributed by atoms with van der Waals surface area (Å²) in [5.74, 6) is -0.573. The van der Waals surface area contributed by atoms with Crippen molar-refractivity contribution in [2.75, 3.05) is 6.54 Å². The zero-order valence-corrected chi connectivity index (χ0v) is 15.2. The summed E-state index contributed by atoms with van der Waals surface area (Å²) in [5.41, 5.74) is 2.76. The molecular weight excluding hydrogens is 355 g/mol. The molecule has 4 rings (SSSR count). The number of halogens is 1. The van der Waals surface area contributed by atoms with Gasteiger partial charge in [0.25, 0.3) is 5.91 Å². The second-order valence-electron chi connectivity index (χ2n) is 6.46. The van der Waals surface area contributed by atoms with Gasteiger partial charge in [-0.2, -0.15) is 5.10 Å². The summed E-state index contributed by atoms with van der Waals surface area (Å²) >= 11 is 0. The van der Waals surface area contributed by atoms with Crippen molar-refractivity contribution in [1.29, 1.82) is 0 Å². The first-order valence-electron chi connectivity index (χ1n) is 9.14. The minimum Gasteiger partial charge on any atom is -0.351 e. The molecule has 0 radical (unpaired) electrons. The lowest BCUT2D eigenvalue weighted by Gasteiger charge is -2.04. The molecule has 2 heterocycles. The number of fused-ring (bicyclic) bond motifs is 1. The third kappa shape index (κ3) is 3.76. The van der Waals surface area contributed by atoms with Crippen LogP contribution in [-0.2, 0) is 6.42 Å². The van der Waals surface area contributed by atoms with Crippen LogP contribution in [0.4, 0.5) is 4.39 Å². The number of benzene rings is 2. The molecule has 0 aliphatic heterocycles. The van der Waals surface area contributed by atoms with Gasteiger partial charge in [-0.05, 0) is 54.8 Å². The van der Waals surface area contributed by atoms with Crippen LogP contribution in [0.2, 0.25) is 0 Å². The molecule has 6 heteroatoms. The lowest BCUT2D eigenvalue weighted by Crippen LogP contribution is -2.25. The third-order valence-corrected chi connectivity index (χ3v) is 4.50. The van der Waals surface area contributed by atoms with Crippen LogP contribution >= 0.6 is 0 Å². The first-order chi connectivity index (χ1) is 13.7. The average Bonchev–Trinajstić information content (AvgIpc) is 3.12. The van der Waals surface area contributed by atoms with Gasteiger partial charge >= 0.3 is 0 Å². The van der Waals surface area contributed by atoms with Gasteiger partial charge in [-0.1, -0.05) is 30.3 Å². The van der Waals surface area contributed by atoms with E-state index < -0.39 is 0 Å². The van der Waals surface area contributed by atoms with Crippen molar-refractivity contribution in [3.63, 3.8) is 0 Å². The first-order valence-corrected chi connectivity index (χ1v) is 9.14. The Morgan fingerprint density at radius 3 is 2.57 bits per heavy atom. The Morgan fingerprint density at radius 1 is 1.00 bits per heavy atom. The number of rotatable bonds is 6. The van der Waals surface area contributed by atoms with Crippen LogP contribution in [0, 0.1) is 5.82 Å². The smallest absolute Gasteiger partial charge is 0.272 e. The van der Waals surface area contributed by atoms with Gasteiger partial charge in [-0.3, -0.25) is 4.79 Å². The number of aryl methyl sites for hydroxylation is 1. The summed E-state index contributed by atoms with van der Waals surface area (Å²) in [6, 6.07) is 19.7. The largest absolute Gasteiger partial charge is 0.351 e. The van der Waals surface area contributed by atoms with E-state index >= 15 is 0 Å². The number of nitrogens with zero attached hydrogens (tertiary/aromatic N) is 3. The van der Waals surface area contributed by atoms with E-state index in [9.17, 15) is 9.18 Å². The van der Waals surface area contributed by atoms with Crippen LogP contribution in [0.15, 0.2) is 72.9 Å². The summed E-state index contributed by atoms with van der Waals surface area (Å²) in [6.45, 7) is 0.554. The Kier molecular flexibility index (Phi) is 5.10. The van der Waals surface area contributed by atoms with E-state index in [0.717, 1.165) is 12.8 Å². The average molecular weight is 374 g/mol. The highest BCUT2D eigenvalue weighted by Gasteiger charge is 2.18. The van der Waals surface area contributed by atoms with Crippen LogP contribution in [0.1, 0.15) is 22.5 Å². The molecule has 0 aliphatic carbocycles. The van der Waals surface area contributed by atoms with Crippen LogP contribution in [0.5, 0.6) is 0 Å². The molecule has 0 saturated heterocycles. The van der Waals surface area contributed by atoms with Crippen molar-refractivity contribution in [3.05, 3.63) is 90.0 Å². The van der Waals surface area contributed by atoms with Crippen molar-refractivity contribution in [3.8, 4) is 5.69 Å². The van der Waals surface area contributed by atoms with Crippen molar-refractivity contribution in [2.45, 2.75) is 12.8 Å². The van der Waals surface area contributed by atoms with Gasteiger partial charge in [0.15, 0.2) is 11.3 Å². The van der Waals surface area contributed by atoms with E-state index in [1.165, 1.54) is 17.7 Å². The van der Waals surface area contributed by atoms with Crippen molar-refractivity contribution in [1.82, 2.24) is 20.1 Å². The molecule has 0 saturated carbocycles. The third-order valence-electron chi connectivity index (χ3n) is 4.50. The summed E-state index contributed by atoms with van der Waals surface area (Å²) in [7, 11) is 0. The molecule has 0 fully saturated rings. The van der Waals surface area contributed by atoms with E-state index in [1.54, 1.807) is 29.1 Å². The minimum atomic E-state index is -0.329. The molecule has 140 valence electrons. The maximum atomic E-state index is 13.2. The number of hydrogen-bond donors (Lipinski definition) is 1. The van der Waals surface area contributed by atoms with Crippen molar-refractivity contribution in [2.24, 2.45) is 0 Å². The number of pyridine rings is 1. The van der Waals surface area contributed by atoms with Crippen molar-refractivity contribution >= 4 is 16.9 Å². The van der Waals surface area contributed by atoms with E-state index in [2.05, 4.69) is 27.5 Å². The van der Waals surface area contributed by atoms with Crippen LogP contribution < -0.4 is 5.32 Å². The van der Waals surface area contributed by atoms with E-state index in [1.807, 2.05) is 24.3 Å². The lowest BCUT2D eigenvalue weighted by atomic mass is 10.1. The number of carbonyl (C=O) groups is 1. The van der Waals surface area contributed by atoms with Gasteiger partial charge in [0.2, 0.25) is 0 Å². The van der Waals surface area contributed by atoms with Gasteiger partial charge in [-0.15, -0.1) is 0 Å². The Balaban J connectivity index is 1.51. The molecule has 2 aromatic carbocycles. The second kappa shape index (κ2) is 8.00. The van der Waals surface area contributed by atoms with Crippen LogP contribution in [0.25, 0.3) is 16.7 Å². The first kappa shape index (κ1) is 17.9. The quantitative estimate of drug-likeness (QED) is 0.521. The van der Waals surface area contributed by atoms with E-state index in [0.29, 0.717) is 29.0 Å². The summed E-state index contributed by atoms with van der Waals surface area (Å²) in [5, 5.41) is 8.04. The van der Waals surface area contributed by atoms with Gasteiger partial charge in [0.05, 0.1) is 11.1 Å². The zero-order valence-electron chi connectivity index (χ0n) is 15.2. The highest BCUT2D eigenvalue weighted by atomic mass is 19.1. The molecule has 1 N–H and O–H groups in total. The maximum absolute atomic E-state index is 13.2. The molecule has 0 unspecified atom stereocenters. The Labute approximate surface area is 161 Å². The Hall–Kier alpha value is -3.54. The fourth-order valence-electron chi connectivity index (χ4n) is 3.10. The Morgan fingerprint density at radius 2 is 1.79 bits per heavy atom. The van der Waals surface area contributed by atoms with Crippen LogP contribution in [0.3, 0.4) is 0 Å². The number of nitrogens with one attached hydrogen (secondary N) is 1. The lowest BCUT2D eigenvalue weighted by molar-refractivity contribution is 0.0949. The van der Waals surface area contributed by atoms with Crippen LogP contribution in [-0.4, -0.2) is 27.2 Å². The second-order valence-corrected chi connectivity index (χ2v) is 6.46. The summed E-state index contributed by atoms with van der Waals surface area (Å²) in [6.07, 6.45) is 3.38. The molecule has 0 atom stereocenters. The maximum Gasteiger partial charge on any atom is 0.272 e. The molecule has 1 amide bonds. The fraction of sp³-hybridized carbons (Fsp3) is 0.136. The Bertz CT molecular complexity index is 1090. The molecule has 0 aliphatic rings. The molecule has 0 spiro atoms. The van der Waals surface area contributed by atoms with E-state index in [-0.39, 0.29) is 11.7 Å². The van der Waals surface area contributed by atoms with Gasteiger partial charge in [0, 0.05) is 12.7 Å². The molecule has 28 heavy (non-hydrogen) atoms. The predicted octanol–water partition coefficient (Wildman–Crippen LogP) is 3.92. The number of carbonyl (C=O) groups excluding carboxylic acids is 1. The van der Waals surface area contributed by atoms with E-state index in [4.69, 9.17) is 0 Å². The molecule has 4 aromatic rings. The minimum absolute atomic E-state index is 0.244. The molecule has 2 aromatic heterocycles. The predicted molar refractivity (Wildman–Crippen MR) is 106 cm³/mol. The molecule has 5 nitrogen and oxygen atoms in total. The number of hydrogen-bond acceptors (Lipinski definition) is 3. The number of aromatic nitrogens is 3. The topological polar surface area (TPSA) is 59.8 Å². The van der Waals surface area contributed by atoms with Gasteiger partial charge < -0.3 is 5.32 Å².